The summed E-state index contributed by atoms with van der Waals surface area (Å²) in [6.45, 7) is 1.18. The average molecular weight is 621 g/mol. The molecule has 0 unspecified atom stereocenters. The van der Waals surface area contributed by atoms with Gasteiger partial charge in [0.25, 0.3) is 5.56 Å². The molecule has 5 rings (SSSR count). The lowest BCUT2D eigenvalue weighted by atomic mass is 10.2. The van der Waals surface area contributed by atoms with Crippen LogP contribution in [0.15, 0.2) is 79.4 Å². The van der Waals surface area contributed by atoms with E-state index in [1.54, 1.807) is 55.5 Å². The van der Waals surface area contributed by atoms with Crippen LogP contribution in [-0.2, 0) is 9.53 Å². The van der Waals surface area contributed by atoms with Crippen LogP contribution in [0.25, 0.3) is 33.5 Å². The first-order valence-corrected chi connectivity index (χ1v) is 13.0. The molecule has 13 heteroatoms. The van der Waals surface area contributed by atoms with E-state index in [4.69, 9.17) is 18.6 Å². The number of carbonyl (C=O) groups excluding carboxylic acids is 1. The molecule has 3 aromatic carbocycles. The van der Waals surface area contributed by atoms with Crippen molar-refractivity contribution in [1.82, 2.24) is 9.66 Å². The third kappa shape index (κ3) is 5.52. The van der Waals surface area contributed by atoms with Crippen molar-refractivity contribution in [2.24, 2.45) is 5.10 Å². The maximum atomic E-state index is 13.6. The molecule has 0 spiro atoms. The molecular formula is C28H21BrN4O8. The summed E-state index contributed by atoms with van der Waals surface area (Å²) in [7, 11) is 1.54. The number of nitro benzene ring substituents is 1. The molecule has 0 aliphatic heterocycles. The normalized spacial score (nSPS) is 11.3. The fourth-order valence-corrected chi connectivity index (χ4v) is 4.62. The van der Waals surface area contributed by atoms with E-state index < -0.39 is 28.7 Å². The van der Waals surface area contributed by atoms with Gasteiger partial charge in [0.2, 0.25) is 11.6 Å². The zero-order valence-corrected chi connectivity index (χ0v) is 23.3. The maximum Gasteiger partial charge on any atom is 0.344 e. The van der Waals surface area contributed by atoms with Gasteiger partial charge in [0.15, 0.2) is 12.4 Å². The van der Waals surface area contributed by atoms with Crippen molar-refractivity contribution in [3.8, 4) is 23.1 Å². The van der Waals surface area contributed by atoms with Gasteiger partial charge in [-0.1, -0.05) is 34.1 Å². The van der Waals surface area contributed by atoms with Crippen LogP contribution >= 0.6 is 15.9 Å². The quantitative estimate of drug-likeness (QED) is 0.0924. The standard InChI is InChI=1S/C28H21BrN4O8/c1-3-39-25(34)15-40-26-16(11-17(29)12-21(26)33(36)37)14-30-32-27(31-20-8-5-4-7-18(20)28(32)35)24-13-19-22(38-2)9-6-10-23(19)41-24/h4-14H,3,15H2,1-2H3. The third-order valence-corrected chi connectivity index (χ3v) is 6.38. The molecule has 0 radical (unpaired) electrons. The van der Waals surface area contributed by atoms with Crippen molar-refractivity contribution < 1.29 is 28.3 Å². The number of benzene rings is 3. The monoisotopic (exact) mass is 620 g/mol. The lowest BCUT2D eigenvalue weighted by Crippen LogP contribution is -2.20. The number of hydrogen-bond donors (Lipinski definition) is 0. The Hall–Kier alpha value is -5.04. The molecule has 0 aliphatic rings. The number of nitrogens with zero attached hydrogens (tertiary/aromatic N) is 4. The SMILES string of the molecule is CCOC(=O)COc1c(C=Nn2c(-c3cc4c(OC)cccc4o3)nc3ccccc3c2=O)cc(Br)cc1[N+](=O)[O-]. The predicted molar refractivity (Wildman–Crippen MR) is 154 cm³/mol. The highest BCUT2D eigenvalue weighted by Crippen LogP contribution is 2.35. The largest absolute Gasteiger partial charge is 0.496 e. The summed E-state index contributed by atoms with van der Waals surface area (Å²) in [5.74, 6) is -0.0392. The number of hydrogen-bond acceptors (Lipinski definition) is 10. The summed E-state index contributed by atoms with van der Waals surface area (Å²) in [5.41, 5.74) is 0.122. The Bertz CT molecular complexity index is 1900. The number of carbonyl (C=O) groups is 1. The van der Waals surface area contributed by atoms with Crippen molar-refractivity contribution in [3.05, 3.63) is 91.2 Å². The molecule has 0 atom stereocenters. The first-order chi connectivity index (χ1) is 19.8. The number of methoxy groups -OCH3 is 1. The number of para-hydroxylation sites is 1. The van der Waals surface area contributed by atoms with Gasteiger partial charge in [-0.25, -0.2) is 9.78 Å². The van der Waals surface area contributed by atoms with Gasteiger partial charge in [-0.15, -0.1) is 0 Å². The fraction of sp³-hybridized carbons (Fsp3) is 0.143. The van der Waals surface area contributed by atoms with Gasteiger partial charge in [0.1, 0.15) is 11.3 Å². The van der Waals surface area contributed by atoms with Crippen LogP contribution < -0.4 is 15.0 Å². The number of ether oxygens (including phenoxy) is 3. The molecule has 0 fully saturated rings. The maximum absolute atomic E-state index is 13.6. The van der Waals surface area contributed by atoms with Gasteiger partial charge in [0, 0.05) is 16.1 Å². The first-order valence-electron chi connectivity index (χ1n) is 12.2. The fourth-order valence-electron chi connectivity index (χ4n) is 4.15. The van der Waals surface area contributed by atoms with E-state index in [-0.39, 0.29) is 29.5 Å². The summed E-state index contributed by atoms with van der Waals surface area (Å²) < 4.78 is 23.2. The molecule has 0 amide bonds. The molecule has 0 saturated heterocycles. The Labute approximate surface area is 240 Å². The summed E-state index contributed by atoms with van der Waals surface area (Å²) in [6.07, 6.45) is 1.21. The predicted octanol–water partition coefficient (Wildman–Crippen LogP) is 5.31. The lowest BCUT2D eigenvalue weighted by Gasteiger charge is -2.11. The Morgan fingerprint density at radius 3 is 2.73 bits per heavy atom. The summed E-state index contributed by atoms with van der Waals surface area (Å²) in [4.78, 5) is 41.3. The number of esters is 1. The number of halogens is 1. The van der Waals surface area contributed by atoms with E-state index in [0.29, 0.717) is 32.1 Å². The minimum absolute atomic E-state index is 0.0849. The van der Waals surface area contributed by atoms with Crippen LogP contribution in [0.1, 0.15) is 12.5 Å². The molecule has 5 aromatic rings. The van der Waals surface area contributed by atoms with Crippen molar-refractivity contribution in [2.75, 3.05) is 20.3 Å². The molecule has 0 saturated carbocycles. The highest BCUT2D eigenvalue weighted by Gasteiger charge is 2.23. The number of furan rings is 1. The minimum atomic E-state index is -0.704. The van der Waals surface area contributed by atoms with Gasteiger partial charge in [0.05, 0.1) is 41.1 Å². The average Bonchev–Trinajstić information content (AvgIpc) is 3.40. The molecular weight excluding hydrogens is 600 g/mol. The number of aromatic nitrogens is 2. The van der Waals surface area contributed by atoms with Gasteiger partial charge < -0.3 is 18.6 Å². The van der Waals surface area contributed by atoms with E-state index in [2.05, 4.69) is 26.0 Å². The molecule has 0 bridgehead atoms. The topological polar surface area (TPSA) is 148 Å². The molecule has 2 aromatic heterocycles. The lowest BCUT2D eigenvalue weighted by molar-refractivity contribution is -0.385. The van der Waals surface area contributed by atoms with Crippen LogP contribution in [-0.4, -0.2) is 47.1 Å². The molecule has 12 nitrogen and oxygen atoms in total. The molecule has 208 valence electrons. The van der Waals surface area contributed by atoms with Crippen LogP contribution in [0, 0.1) is 10.1 Å². The highest BCUT2D eigenvalue weighted by molar-refractivity contribution is 9.10. The Morgan fingerprint density at radius 1 is 1.17 bits per heavy atom. The van der Waals surface area contributed by atoms with Crippen LogP contribution in [0.5, 0.6) is 11.5 Å². The second kappa shape index (κ2) is 11.6. The number of fused-ring (bicyclic) bond motifs is 2. The van der Waals surface area contributed by atoms with E-state index in [1.807, 2.05) is 0 Å². The molecule has 0 N–H and O–H groups in total. The van der Waals surface area contributed by atoms with E-state index in [1.165, 1.54) is 25.5 Å². The summed E-state index contributed by atoms with van der Waals surface area (Å²) >= 11 is 3.26. The minimum Gasteiger partial charge on any atom is -0.496 e. The van der Waals surface area contributed by atoms with E-state index >= 15 is 0 Å². The first kappa shape index (κ1) is 27.5. The van der Waals surface area contributed by atoms with Crippen LogP contribution in [0.3, 0.4) is 0 Å². The number of rotatable bonds is 9. The Balaban J connectivity index is 1.69. The zero-order valence-electron chi connectivity index (χ0n) is 21.7. The van der Waals surface area contributed by atoms with Gasteiger partial charge in [-0.3, -0.25) is 14.9 Å². The third-order valence-electron chi connectivity index (χ3n) is 5.93. The van der Waals surface area contributed by atoms with Gasteiger partial charge in [-0.2, -0.15) is 9.78 Å². The zero-order chi connectivity index (χ0) is 29.1. The Kier molecular flexibility index (Phi) is 7.79. The van der Waals surface area contributed by atoms with Gasteiger partial charge >= 0.3 is 11.7 Å². The molecule has 41 heavy (non-hydrogen) atoms. The second-order valence-electron chi connectivity index (χ2n) is 8.49. The van der Waals surface area contributed by atoms with Crippen molar-refractivity contribution in [3.63, 3.8) is 0 Å². The number of nitro groups is 1. The van der Waals surface area contributed by atoms with Crippen LogP contribution in [0.4, 0.5) is 5.69 Å². The second-order valence-corrected chi connectivity index (χ2v) is 9.41. The van der Waals surface area contributed by atoms with Crippen LogP contribution in [0.2, 0.25) is 0 Å². The summed E-state index contributed by atoms with van der Waals surface area (Å²) in [5, 5.41) is 17.1. The van der Waals surface area contributed by atoms with Crippen molar-refractivity contribution >= 4 is 55.7 Å². The van der Waals surface area contributed by atoms with Crippen molar-refractivity contribution in [1.29, 1.82) is 0 Å². The van der Waals surface area contributed by atoms with E-state index in [0.717, 1.165) is 4.68 Å². The summed E-state index contributed by atoms with van der Waals surface area (Å²) in [6, 6.07) is 16.5. The van der Waals surface area contributed by atoms with Gasteiger partial charge in [-0.05, 0) is 43.3 Å². The smallest absolute Gasteiger partial charge is 0.344 e. The van der Waals surface area contributed by atoms with E-state index in [9.17, 15) is 19.7 Å². The highest BCUT2D eigenvalue weighted by atomic mass is 79.9. The Morgan fingerprint density at radius 2 is 1.98 bits per heavy atom. The van der Waals surface area contributed by atoms with Crippen molar-refractivity contribution in [2.45, 2.75) is 6.92 Å². The molecule has 0 aliphatic carbocycles. The molecule has 2 heterocycles.